The number of nitrogens with zero attached hydrogens (tertiary/aromatic N) is 3. The molecule has 0 saturated heterocycles. The van der Waals surface area contributed by atoms with E-state index in [4.69, 9.17) is 0 Å². The number of pyridine rings is 1. The van der Waals surface area contributed by atoms with Crippen molar-refractivity contribution in [3.05, 3.63) is 18.5 Å². The highest BCUT2D eigenvalue weighted by atomic mass is 32.2. The van der Waals surface area contributed by atoms with Gasteiger partial charge in [-0.25, -0.2) is 15.0 Å². The van der Waals surface area contributed by atoms with E-state index in [1.165, 1.54) is 18.0 Å². The maximum absolute atomic E-state index is 9.38. The first-order valence-electron chi connectivity index (χ1n) is 3.66. The SMILES string of the molecule is CSc1ncc2ccnc(O)c2n1. The van der Waals surface area contributed by atoms with E-state index in [0.717, 1.165) is 5.39 Å². The molecule has 0 saturated carbocycles. The van der Waals surface area contributed by atoms with Gasteiger partial charge < -0.3 is 5.11 Å². The first-order chi connectivity index (χ1) is 6.31. The summed E-state index contributed by atoms with van der Waals surface area (Å²) in [7, 11) is 0. The molecular formula is C8H7N3OS. The predicted octanol–water partition coefficient (Wildman–Crippen LogP) is 1.45. The largest absolute Gasteiger partial charge is 0.492 e. The Bertz CT molecular complexity index is 446. The first kappa shape index (κ1) is 8.25. The van der Waals surface area contributed by atoms with Gasteiger partial charge in [0.25, 0.3) is 0 Å². The van der Waals surface area contributed by atoms with Crippen LogP contribution in [0.25, 0.3) is 10.9 Å². The van der Waals surface area contributed by atoms with Crippen molar-refractivity contribution < 1.29 is 5.11 Å². The Kier molecular flexibility index (Phi) is 2.02. The normalized spacial score (nSPS) is 10.5. The Morgan fingerprint density at radius 2 is 2.23 bits per heavy atom. The monoisotopic (exact) mass is 193 g/mol. The van der Waals surface area contributed by atoms with Crippen LogP contribution < -0.4 is 0 Å². The maximum Gasteiger partial charge on any atom is 0.238 e. The number of hydrogen-bond acceptors (Lipinski definition) is 5. The van der Waals surface area contributed by atoms with Gasteiger partial charge in [-0.1, -0.05) is 11.8 Å². The molecule has 0 atom stereocenters. The summed E-state index contributed by atoms with van der Waals surface area (Å²) < 4.78 is 0. The minimum Gasteiger partial charge on any atom is -0.492 e. The van der Waals surface area contributed by atoms with Gasteiger partial charge in [0.2, 0.25) is 5.88 Å². The molecule has 66 valence electrons. The van der Waals surface area contributed by atoms with Gasteiger partial charge in [0.15, 0.2) is 5.16 Å². The molecule has 2 heterocycles. The van der Waals surface area contributed by atoms with Gasteiger partial charge in [-0.05, 0) is 12.3 Å². The van der Waals surface area contributed by atoms with Crippen molar-refractivity contribution in [3.63, 3.8) is 0 Å². The second kappa shape index (κ2) is 3.18. The highest BCUT2D eigenvalue weighted by molar-refractivity contribution is 7.98. The van der Waals surface area contributed by atoms with Crippen LogP contribution in [-0.4, -0.2) is 26.3 Å². The fourth-order valence-corrected chi connectivity index (χ4v) is 1.36. The fourth-order valence-electron chi connectivity index (χ4n) is 1.02. The second-order valence-electron chi connectivity index (χ2n) is 2.43. The van der Waals surface area contributed by atoms with Crippen LogP contribution in [0.5, 0.6) is 5.88 Å². The summed E-state index contributed by atoms with van der Waals surface area (Å²) in [6, 6.07) is 1.76. The van der Waals surface area contributed by atoms with Gasteiger partial charge in [-0.3, -0.25) is 0 Å². The van der Waals surface area contributed by atoms with Crippen molar-refractivity contribution in [2.45, 2.75) is 5.16 Å². The summed E-state index contributed by atoms with van der Waals surface area (Å²) in [5.41, 5.74) is 0.502. The molecule has 0 amide bonds. The van der Waals surface area contributed by atoms with E-state index in [9.17, 15) is 5.11 Å². The van der Waals surface area contributed by atoms with Crippen LogP contribution in [0, 0.1) is 0 Å². The molecule has 1 N–H and O–H groups in total. The zero-order chi connectivity index (χ0) is 9.26. The smallest absolute Gasteiger partial charge is 0.238 e. The average molecular weight is 193 g/mol. The summed E-state index contributed by atoms with van der Waals surface area (Å²) in [5, 5.41) is 10.8. The van der Waals surface area contributed by atoms with Crippen LogP contribution in [0.1, 0.15) is 0 Å². The van der Waals surface area contributed by atoms with Crippen LogP contribution in [-0.2, 0) is 0 Å². The summed E-state index contributed by atoms with van der Waals surface area (Å²) in [6.45, 7) is 0. The van der Waals surface area contributed by atoms with E-state index in [1.54, 1.807) is 12.3 Å². The van der Waals surface area contributed by atoms with Crippen molar-refractivity contribution in [3.8, 4) is 5.88 Å². The van der Waals surface area contributed by atoms with Crippen LogP contribution in [0.3, 0.4) is 0 Å². The lowest BCUT2D eigenvalue weighted by Crippen LogP contribution is -1.88. The molecule has 0 fully saturated rings. The van der Waals surface area contributed by atoms with Crippen LogP contribution in [0.4, 0.5) is 0 Å². The molecule has 0 radical (unpaired) electrons. The van der Waals surface area contributed by atoms with Gasteiger partial charge in [-0.15, -0.1) is 0 Å². The number of hydrogen-bond donors (Lipinski definition) is 1. The molecule has 0 aliphatic rings. The Morgan fingerprint density at radius 1 is 1.38 bits per heavy atom. The van der Waals surface area contributed by atoms with Crippen molar-refractivity contribution in [1.29, 1.82) is 0 Å². The molecule has 4 nitrogen and oxygen atoms in total. The number of aromatic nitrogens is 3. The van der Waals surface area contributed by atoms with E-state index in [0.29, 0.717) is 10.7 Å². The Labute approximate surface area is 79.1 Å². The summed E-state index contributed by atoms with van der Waals surface area (Å²) in [6.07, 6.45) is 5.09. The highest BCUT2D eigenvalue weighted by Gasteiger charge is 2.03. The molecule has 0 aliphatic heterocycles. The third kappa shape index (κ3) is 1.42. The molecular weight excluding hydrogens is 186 g/mol. The first-order valence-corrected chi connectivity index (χ1v) is 4.88. The van der Waals surface area contributed by atoms with E-state index < -0.39 is 0 Å². The zero-order valence-corrected chi connectivity index (χ0v) is 7.75. The van der Waals surface area contributed by atoms with Gasteiger partial charge >= 0.3 is 0 Å². The molecule has 0 spiro atoms. The van der Waals surface area contributed by atoms with E-state index in [2.05, 4.69) is 15.0 Å². The lowest BCUT2D eigenvalue weighted by atomic mass is 10.3. The van der Waals surface area contributed by atoms with Crippen molar-refractivity contribution in [2.75, 3.05) is 6.26 Å². The molecule has 13 heavy (non-hydrogen) atoms. The quantitative estimate of drug-likeness (QED) is 0.548. The van der Waals surface area contributed by atoms with E-state index in [1.807, 2.05) is 6.26 Å². The third-order valence-electron chi connectivity index (χ3n) is 1.64. The molecule has 2 aromatic heterocycles. The Balaban J connectivity index is 2.74. The van der Waals surface area contributed by atoms with Gasteiger partial charge in [-0.2, -0.15) is 0 Å². The lowest BCUT2D eigenvalue weighted by molar-refractivity contribution is 0.458. The molecule has 0 aliphatic carbocycles. The average Bonchev–Trinajstić information content (AvgIpc) is 2.18. The molecule has 5 heteroatoms. The van der Waals surface area contributed by atoms with E-state index >= 15 is 0 Å². The summed E-state index contributed by atoms with van der Waals surface area (Å²) >= 11 is 1.43. The van der Waals surface area contributed by atoms with Crippen LogP contribution in [0.2, 0.25) is 0 Å². The minimum atomic E-state index is -0.0461. The summed E-state index contributed by atoms with van der Waals surface area (Å²) in [5.74, 6) is -0.0461. The predicted molar refractivity (Wildman–Crippen MR) is 50.8 cm³/mol. The zero-order valence-electron chi connectivity index (χ0n) is 6.93. The molecule has 0 aromatic carbocycles. The lowest BCUT2D eigenvalue weighted by Gasteiger charge is -1.99. The van der Waals surface area contributed by atoms with Crippen LogP contribution >= 0.6 is 11.8 Å². The fraction of sp³-hybridized carbons (Fsp3) is 0.125. The summed E-state index contributed by atoms with van der Waals surface area (Å²) in [4.78, 5) is 12.0. The molecule has 2 aromatic rings. The Hall–Kier alpha value is -1.36. The van der Waals surface area contributed by atoms with E-state index in [-0.39, 0.29) is 5.88 Å². The standard InChI is InChI=1S/C8H7N3OS/c1-13-8-10-4-5-2-3-9-7(12)6(5)11-8/h2-4H,1H3,(H,9,12). The van der Waals surface area contributed by atoms with Crippen molar-refractivity contribution in [2.24, 2.45) is 0 Å². The van der Waals surface area contributed by atoms with Crippen molar-refractivity contribution in [1.82, 2.24) is 15.0 Å². The number of fused-ring (bicyclic) bond motifs is 1. The maximum atomic E-state index is 9.38. The van der Waals surface area contributed by atoms with Gasteiger partial charge in [0.1, 0.15) is 5.52 Å². The second-order valence-corrected chi connectivity index (χ2v) is 3.20. The minimum absolute atomic E-state index is 0.0461. The molecule has 0 unspecified atom stereocenters. The van der Waals surface area contributed by atoms with Gasteiger partial charge in [0.05, 0.1) is 0 Å². The number of aromatic hydroxyl groups is 1. The molecule has 2 rings (SSSR count). The van der Waals surface area contributed by atoms with Crippen molar-refractivity contribution >= 4 is 22.7 Å². The van der Waals surface area contributed by atoms with Gasteiger partial charge in [0, 0.05) is 17.8 Å². The van der Waals surface area contributed by atoms with Crippen LogP contribution in [0.15, 0.2) is 23.6 Å². The number of thioether (sulfide) groups is 1. The highest BCUT2D eigenvalue weighted by Crippen LogP contribution is 2.20. The number of rotatable bonds is 1. The third-order valence-corrected chi connectivity index (χ3v) is 2.20. The molecule has 0 bridgehead atoms. The topological polar surface area (TPSA) is 58.9 Å². The Morgan fingerprint density at radius 3 is 3.00 bits per heavy atom.